The lowest BCUT2D eigenvalue weighted by molar-refractivity contribution is -0.138. The summed E-state index contributed by atoms with van der Waals surface area (Å²) in [5.74, 6) is 0.206. The van der Waals surface area contributed by atoms with Gasteiger partial charge in [0.05, 0.1) is 23.2 Å². The van der Waals surface area contributed by atoms with E-state index in [-0.39, 0.29) is 17.4 Å². The van der Waals surface area contributed by atoms with Gasteiger partial charge >= 0.3 is 6.18 Å². The fourth-order valence-electron chi connectivity index (χ4n) is 5.25. The first kappa shape index (κ1) is 28.1. The molecule has 0 radical (unpaired) electrons. The van der Waals surface area contributed by atoms with Gasteiger partial charge < -0.3 is 14.5 Å². The Balaban J connectivity index is 1.12. The van der Waals surface area contributed by atoms with Crippen molar-refractivity contribution in [3.63, 3.8) is 0 Å². The van der Waals surface area contributed by atoms with Gasteiger partial charge in [0.2, 0.25) is 0 Å². The minimum atomic E-state index is -4.59. The Morgan fingerprint density at radius 1 is 0.925 bits per heavy atom. The second-order valence-electron chi connectivity index (χ2n) is 10.1. The van der Waals surface area contributed by atoms with E-state index in [0.717, 1.165) is 36.5 Å². The second-order valence-corrected chi connectivity index (χ2v) is 11.0. The van der Waals surface area contributed by atoms with E-state index in [1.165, 1.54) is 40.0 Å². The summed E-state index contributed by atoms with van der Waals surface area (Å²) in [4.78, 5) is 36.3. The van der Waals surface area contributed by atoms with Crippen molar-refractivity contribution in [2.75, 3.05) is 46.4 Å². The van der Waals surface area contributed by atoms with Crippen molar-refractivity contribution < 1.29 is 27.5 Å². The molecular formula is C29H31F3N4O3S. The first-order valence-electron chi connectivity index (χ1n) is 13.3. The summed E-state index contributed by atoms with van der Waals surface area (Å²) >= 11 is 1.43. The molecule has 7 nitrogen and oxygen atoms in total. The highest BCUT2D eigenvalue weighted by Gasteiger charge is 2.37. The van der Waals surface area contributed by atoms with Gasteiger partial charge in [-0.05, 0) is 42.7 Å². The molecule has 3 heterocycles. The van der Waals surface area contributed by atoms with Crippen LogP contribution in [-0.2, 0) is 12.7 Å². The van der Waals surface area contributed by atoms with Gasteiger partial charge in [-0.15, -0.1) is 11.3 Å². The number of carbonyl (C=O) groups excluding carboxylic acids is 2. The van der Waals surface area contributed by atoms with Crippen LogP contribution in [0.2, 0.25) is 0 Å². The van der Waals surface area contributed by atoms with E-state index < -0.39 is 17.6 Å². The molecule has 0 atom stereocenters. The Hall–Kier alpha value is -3.44. The SMILES string of the molecule is COc1ccc(CN2CCN(C(=O)c3csc(C4CCN(C(=O)c5ccccc5C(F)(F)F)CC4)n3)CC2)cc1. The van der Waals surface area contributed by atoms with Crippen LogP contribution in [0.4, 0.5) is 13.2 Å². The lowest BCUT2D eigenvalue weighted by Gasteiger charge is -2.34. The Kier molecular flexibility index (Phi) is 8.41. The van der Waals surface area contributed by atoms with Gasteiger partial charge in [0.1, 0.15) is 11.4 Å². The molecule has 2 aromatic carbocycles. The van der Waals surface area contributed by atoms with Gasteiger partial charge in [0, 0.05) is 57.1 Å². The van der Waals surface area contributed by atoms with Gasteiger partial charge in [-0.2, -0.15) is 13.2 Å². The van der Waals surface area contributed by atoms with Crippen molar-refractivity contribution in [1.29, 1.82) is 0 Å². The van der Waals surface area contributed by atoms with Gasteiger partial charge in [0.15, 0.2) is 0 Å². The Morgan fingerprint density at radius 3 is 2.23 bits per heavy atom. The number of benzene rings is 2. The molecule has 0 aliphatic carbocycles. The highest BCUT2D eigenvalue weighted by atomic mass is 32.1. The third-order valence-electron chi connectivity index (χ3n) is 7.56. The summed E-state index contributed by atoms with van der Waals surface area (Å²) in [5.41, 5.74) is 0.398. The lowest BCUT2D eigenvalue weighted by Crippen LogP contribution is -2.48. The van der Waals surface area contributed by atoms with Crippen LogP contribution in [0.15, 0.2) is 53.9 Å². The number of halogens is 3. The van der Waals surface area contributed by atoms with E-state index in [1.807, 2.05) is 17.0 Å². The number of methoxy groups -OCH3 is 1. The summed E-state index contributed by atoms with van der Waals surface area (Å²) < 4.78 is 45.3. The number of carbonyl (C=O) groups is 2. The van der Waals surface area contributed by atoms with E-state index in [2.05, 4.69) is 22.0 Å². The molecule has 2 aliphatic heterocycles. The normalized spacial score (nSPS) is 17.2. The predicted octanol–water partition coefficient (Wildman–Crippen LogP) is 5.15. The minimum absolute atomic E-state index is 0.0646. The van der Waals surface area contributed by atoms with Crippen LogP contribution >= 0.6 is 11.3 Å². The molecule has 2 aliphatic rings. The predicted molar refractivity (Wildman–Crippen MR) is 146 cm³/mol. The van der Waals surface area contributed by atoms with Crippen LogP contribution in [0.1, 0.15) is 55.7 Å². The van der Waals surface area contributed by atoms with Crippen LogP contribution in [0.25, 0.3) is 0 Å². The second kappa shape index (κ2) is 12.0. The molecule has 0 saturated carbocycles. The Morgan fingerprint density at radius 2 is 1.57 bits per heavy atom. The number of amides is 2. The van der Waals surface area contributed by atoms with Crippen molar-refractivity contribution in [3.05, 3.63) is 81.3 Å². The number of ether oxygens (including phenoxy) is 1. The first-order valence-corrected chi connectivity index (χ1v) is 14.2. The zero-order valence-electron chi connectivity index (χ0n) is 22.2. The zero-order chi connectivity index (χ0) is 28.3. The molecule has 212 valence electrons. The number of aromatic nitrogens is 1. The van der Waals surface area contributed by atoms with Crippen LogP contribution < -0.4 is 4.74 Å². The van der Waals surface area contributed by atoms with Crippen LogP contribution in [0.5, 0.6) is 5.75 Å². The fraction of sp³-hybridized carbons (Fsp3) is 0.414. The molecule has 2 amide bonds. The highest BCUT2D eigenvalue weighted by Crippen LogP contribution is 2.35. The maximum Gasteiger partial charge on any atom is 0.417 e. The quantitative estimate of drug-likeness (QED) is 0.409. The van der Waals surface area contributed by atoms with Gasteiger partial charge in [0.25, 0.3) is 11.8 Å². The molecule has 0 unspecified atom stereocenters. The number of piperidine rings is 1. The van der Waals surface area contributed by atoms with Gasteiger partial charge in [-0.3, -0.25) is 14.5 Å². The highest BCUT2D eigenvalue weighted by molar-refractivity contribution is 7.09. The van der Waals surface area contributed by atoms with E-state index in [9.17, 15) is 22.8 Å². The zero-order valence-corrected chi connectivity index (χ0v) is 23.0. The topological polar surface area (TPSA) is 66.0 Å². The average Bonchev–Trinajstić information content (AvgIpc) is 3.47. The monoisotopic (exact) mass is 572 g/mol. The Bertz CT molecular complexity index is 1330. The van der Waals surface area contributed by atoms with Gasteiger partial charge in [-0.1, -0.05) is 24.3 Å². The number of likely N-dealkylation sites (tertiary alicyclic amines) is 1. The summed E-state index contributed by atoms with van der Waals surface area (Å²) in [7, 11) is 1.65. The molecule has 2 saturated heterocycles. The fourth-order valence-corrected chi connectivity index (χ4v) is 6.22. The molecule has 11 heteroatoms. The van der Waals surface area contributed by atoms with Crippen molar-refractivity contribution in [2.24, 2.45) is 0 Å². The number of hydrogen-bond donors (Lipinski definition) is 0. The molecule has 5 rings (SSSR count). The molecule has 3 aromatic rings. The van der Waals surface area contributed by atoms with Crippen molar-refractivity contribution >= 4 is 23.2 Å². The number of alkyl halides is 3. The summed E-state index contributed by atoms with van der Waals surface area (Å²) in [6.45, 7) is 4.31. The largest absolute Gasteiger partial charge is 0.497 e. The van der Waals surface area contributed by atoms with Crippen LogP contribution in [0, 0.1) is 0 Å². The molecule has 0 spiro atoms. The van der Waals surface area contributed by atoms with Crippen molar-refractivity contribution in [2.45, 2.75) is 31.5 Å². The Labute approximate surface area is 235 Å². The number of hydrogen-bond acceptors (Lipinski definition) is 6. The van der Waals surface area contributed by atoms with Crippen LogP contribution in [0.3, 0.4) is 0 Å². The number of thiazole rings is 1. The summed E-state index contributed by atoms with van der Waals surface area (Å²) in [6.07, 6.45) is -3.41. The molecular weight excluding hydrogens is 541 g/mol. The number of rotatable bonds is 6. The van der Waals surface area contributed by atoms with Crippen molar-refractivity contribution in [1.82, 2.24) is 19.7 Å². The molecule has 2 fully saturated rings. The van der Waals surface area contributed by atoms with Gasteiger partial charge in [-0.25, -0.2) is 4.98 Å². The number of piperazine rings is 1. The smallest absolute Gasteiger partial charge is 0.417 e. The average molecular weight is 573 g/mol. The maximum atomic E-state index is 13.4. The van der Waals surface area contributed by atoms with E-state index >= 15 is 0 Å². The molecule has 0 bridgehead atoms. The number of nitrogens with zero attached hydrogens (tertiary/aromatic N) is 4. The minimum Gasteiger partial charge on any atom is -0.497 e. The third-order valence-corrected chi connectivity index (χ3v) is 8.57. The van der Waals surface area contributed by atoms with E-state index in [0.29, 0.717) is 44.7 Å². The first-order chi connectivity index (χ1) is 19.2. The standard InChI is InChI=1S/C29H31F3N4O3S/c1-39-22-8-6-20(7-9-22)18-34-14-16-36(17-15-34)28(38)25-19-40-26(33-25)21-10-12-35(13-11-21)27(37)23-4-2-3-5-24(23)29(30,31)32/h2-9,19,21H,10-18H2,1H3. The lowest BCUT2D eigenvalue weighted by atomic mass is 9.96. The molecule has 1 aromatic heterocycles. The summed E-state index contributed by atoms with van der Waals surface area (Å²) in [6, 6.07) is 12.9. The maximum absolute atomic E-state index is 13.4. The molecule has 0 N–H and O–H groups in total. The van der Waals surface area contributed by atoms with Crippen LogP contribution in [-0.4, -0.2) is 77.9 Å². The van der Waals surface area contributed by atoms with Crippen molar-refractivity contribution in [3.8, 4) is 5.75 Å². The van der Waals surface area contributed by atoms with E-state index in [1.54, 1.807) is 12.5 Å². The molecule has 40 heavy (non-hydrogen) atoms. The van der Waals surface area contributed by atoms with E-state index in [4.69, 9.17) is 4.74 Å². The summed E-state index contributed by atoms with van der Waals surface area (Å²) in [5, 5.41) is 2.63. The third kappa shape index (κ3) is 6.31.